The SMILES string of the molecule is CCC[C@@H](CCC(C)C)C(=O)NC(=O)N1CCN(c2ccccc2)CC1. The van der Waals surface area contributed by atoms with E-state index in [0.717, 1.165) is 38.8 Å². The molecule has 1 aromatic carbocycles. The van der Waals surface area contributed by atoms with Crippen molar-refractivity contribution >= 4 is 17.6 Å². The topological polar surface area (TPSA) is 52.7 Å². The molecule has 144 valence electrons. The second kappa shape index (κ2) is 10.2. The Balaban J connectivity index is 1.82. The Labute approximate surface area is 157 Å². The molecule has 3 amide bonds. The highest BCUT2D eigenvalue weighted by Gasteiger charge is 2.25. The number of nitrogens with one attached hydrogen (secondary N) is 1. The smallest absolute Gasteiger partial charge is 0.324 e. The highest BCUT2D eigenvalue weighted by atomic mass is 16.2. The van der Waals surface area contributed by atoms with E-state index in [9.17, 15) is 9.59 Å². The summed E-state index contributed by atoms with van der Waals surface area (Å²) in [4.78, 5) is 29.0. The van der Waals surface area contributed by atoms with Gasteiger partial charge in [0.25, 0.3) is 0 Å². The quantitative estimate of drug-likeness (QED) is 0.803. The summed E-state index contributed by atoms with van der Waals surface area (Å²) in [5.41, 5.74) is 1.18. The van der Waals surface area contributed by atoms with Crippen molar-refractivity contribution in [3.8, 4) is 0 Å². The van der Waals surface area contributed by atoms with Crippen molar-refractivity contribution in [2.75, 3.05) is 31.1 Å². The molecular weight excluding hydrogens is 326 g/mol. The highest BCUT2D eigenvalue weighted by Crippen LogP contribution is 2.18. The maximum absolute atomic E-state index is 12.5. The minimum absolute atomic E-state index is 0.0584. The molecule has 1 fully saturated rings. The predicted molar refractivity (Wildman–Crippen MR) is 106 cm³/mol. The maximum Gasteiger partial charge on any atom is 0.324 e. The van der Waals surface area contributed by atoms with E-state index in [2.05, 4.69) is 43.1 Å². The van der Waals surface area contributed by atoms with Crippen molar-refractivity contribution in [3.05, 3.63) is 30.3 Å². The molecule has 1 aromatic rings. The number of carbonyl (C=O) groups excluding carboxylic acids is 2. The maximum atomic E-state index is 12.5. The van der Waals surface area contributed by atoms with Gasteiger partial charge in [0.1, 0.15) is 0 Å². The number of anilines is 1. The van der Waals surface area contributed by atoms with Crippen LogP contribution in [0.1, 0.15) is 46.5 Å². The van der Waals surface area contributed by atoms with Crippen LogP contribution >= 0.6 is 0 Å². The summed E-state index contributed by atoms with van der Waals surface area (Å²) < 4.78 is 0. The molecule has 0 aromatic heterocycles. The third kappa shape index (κ3) is 6.04. The Morgan fingerprint density at radius 1 is 1.00 bits per heavy atom. The van der Waals surface area contributed by atoms with E-state index in [1.165, 1.54) is 5.69 Å². The lowest BCUT2D eigenvalue weighted by atomic mass is 9.93. The molecule has 1 saturated heterocycles. The van der Waals surface area contributed by atoms with Crippen molar-refractivity contribution in [1.29, 1.82) is 0 Å². The van der Waals surface area contributed by atoms with Crippen molar-refractivity contribution in [2.45, 2.75) is 46.5 Å². The highest BCUT2D eigenvalue weighted by molar-refractivity contribution is 5.95. The second-order valence-corrected chi connectivity index (χ2v) is 7.56. The van der Waals surface area contributed by atoms with Gasteiger partial charge in [0.05, 0.1) is 0 Å². The third-order valence-electron chi connectivity index (χ3n) is 5.02. The van der Waals surface area contributed by atoms with Gasteiger partial charge in [0.15, 0.2) is 0 Å². The molecule has 0 aliphatic carbocycles. The van der Waals surface area contributed by atoms with Gasteiger partial charge in [-0.15, -0.1) is 0 Å². The average molecular weight is 360 g/mol. The van der Waals surface area contributed by atoms with Crippen molar-refractivity contribution in [2.24, 2.45) is 11.8 Å². The lowest BCUT2D eigenvalue weighted by molar-refractivity contribution is -0.124. The molecule has 1 heterocycles. The third-order valence-corrected chi connectivity index (χ3v) is 5.02. The van der Waals surface area contributed by atoms with E-state index < -0.39 is 0 Å². The first-order valence-corrected chi connectivity index (χ1v) is 9.91. The van der Waals surface area contributed by atoms with E-state index in [1.807, 2.05) is 18.2 Å². The summed E-state index contributed by atoms with van der Waals surface area (Å²) in [7, 11) is 0. The molecule has 0 bridgehead atoms. The summed E-state index contributed by atoms with van der Waals surface area (Å²) in [5, 5.41) is 2.64. The first-order chi connectivity index (χ1) is 12.5. The summed E-state index contributed by atoms with van der Waals surface area (Å²) in [6.45, 7) is 9.27. The van der Waals surface area contributed by atoms with Crippen molar-refractivity contribution in [1.82, 2.24) is 10.2 Å². The number of amides is 3. The molecule has 1 N–H and O–H groups in total. The van der Waals surface area contributed by atoms with E-state index in [-0.39, 0.29) is 17.9 Å². The molecule has 1 aliphatic rings. The molecule has 5 heteroatoms. The average Bonchev–Trinajstić information content (AvgIpc) is 2.65. The lowest BCUT2D eigenvalue weighted by Gasteiger charge is -2.36. The molecule has 0 spiro atoms. The molecule has 0 radical (unpaired) electrons. The zero-order chi connectivity index (χ0) is 18.9. The van der Waals surface area contributed by atoms with Crippen molar-refractivity contribution < 1.29 is 9.59 Å². The fraction of sp³-hybridized carbons (Fsp3) is 0.619. The molecule has 1 aliphatic heterocycles. The summed E-state index contributed by atoms with van der Waals surface area (Å²) in [5.74, 6) is 0.406. The van der Waals surface area contributed by atoms with Gasteiger partial charge in [-0.1, -0.05) is 51.8 Å². The summed E-state index contributed by atoms with van der Waals surface area (Å²) >= 11 is 0. The number of piperazine rings is 1. The van der Waals surface area contributed by atoms with Gasteiger partial charge in [0.2, 0.25) is 5.91 Å². The number of rotatable bonds is 7. The molecule has 1 atom stereocenters. The number of urea groups is 1. The number of imide groups is 1. The van der Waals surface area contributed by atoms with E-state index in [4.69, 9.17) is 0 Å². The number of para-hydroxylation sites is 1. The molecule has 0 unspecified atom stereocenters. The Bertz CT molecular complexity index is 566. The zero-order valence-corrected chi connectivity index (χ0v) is 16.4. The monoisotopic (exact) mass is 359 g/mol. The normalized spacial score (nSPS) is 15.8. The van der Waals surface area contributed by atoms with Gasteiger partial charge in [0, 0.05) is 37.8 Å². The number of carbonyl (C=O) groups is 2. The Kier molecular flexibility index (Phi) is 7.95. The number of benzene rings is 1. The lowest BCUT2D eigenvalue weighted by Crippen LogP contribution is -2.53. The first kappa shape index (κ1) is 20.3. The molecule has 2 rings (SSSR count). The fourth-order valence-corrected chi connectivity index (χ4v) is 3.38. The van der Waals surface area contributed by atoms with Crippen LogP contribution in [0.4, 0.5) is 10.5 Å². The van der Waals surface area contributed by atoms with E-state index in [1.54, 1.807) is 4.90 Å². The van der Waals surface area contributed by atoms with Crippen LogP contribution in [-0.4, -0.2) is 43.0 Å². The first-order valence-electron chi connectivity index (χ1n) is 9.91. The van der Waals surface area contributed by atoms with Crippen LogP contribution in [0.3, 0.4) is 0 Å². The van der Waals surface area contributed by atoms with Crippen LogP contribution in [0.2, 0.25) is 0 Å². The number of nitrogens with zero attached hydrogens (tertiary/aromatic N) is 2. The van der Waals surface area contributed by atoms with Crippen molar-refractivity contribution in [3.63, 3.8) is 0 Å². The van der Waals surface area contributed by atoms with E-state index in [0.29, 0.717) is 19.0 Å². The number of hydrogen-bond donors (Lipinski definition) is 1. The van der Waals surface area contributed by atoms with Gasteiger partial charge in [-0.05, 0) is 30.9 Å². The van der Waals surface area contributed by atoms with Crippen LogP contribution in [0.5, 0.6) is 0 Å². The minimum Gasteiger partial charge on any atom is -0.368 e. The predicted octanol–water partition coefficient (Wildman–Crippen LogP) is 3.90. The number of hydrogen-bond acceptors (Lipinski definition) is 3. The molecule has 5 nitrogen and oxygen atoms in total. The zero-order valence-electron chi connectivity index (χ0n) is 16.4. The van der Waals surface area contributed by atoms with Crippen LogP contribution in [0.15, 0.2) is 30.3 Å². The van der Waals surface area contributed by atoms with Crippen LogP contribution in [0.25, 0.3) is 0 Å². The van der Waals surface area contributed by atoms with Crippen LogP contribution in [0, 0.1) is 11.8 Å². The van der Waals surface area contributed by atoms with Gasteiger partial charge >= 0.3 is 6.03 Å². The van der Waals surface area contributed by atoms with Gasteiger partial charge in [-0.2, -0.15) is 0 Å². The van der Waals surface area contributed by atoms with Crippen LogP contribution in [-0.2, 0) is 4.79 Å². The standard InChI is InChI=1S/C21H33N3O2/c1-4-8-18(12-11-17(2)3)20(25)22-21(26)24-15-13-23(14-16-24)19-9-6-5-7-10-19/h5-7,9-10,17-18H,4,8,11-16H2,1-3H3,(H,22,25,26)/t18-/m0/s1. The Hall–Kier alpha value is -2.04. The van der Waals surface area contributed by atoms with Gasteiger partial charge in [-0.25, -0.2) is 4.79 Å². The second-order valence-electron chi connectivity index (χ2n) is 7.56. The van der Waals surface area contributed by atoms with Gasteiger partial charge < -0.3 is 9.80 Å². The fourth-order valence-electron chi connectivity index (χ4n) is 3.38. The van der Waals surface area contributed by atoms with Gasteiger partial charge in [-0.3, -0.25) is 10.1 Å². The Morgan fingerprint density at radius 3 is 2.23 bits per heavy atom. The Morgan fingerprint density at radius 2 is 1.65 bits per heavy atom. The minimum atomic E-state index is -0.242. The largest absolute Gasteiger partial charge is 0.368 e. The molecule has 26 heavy (non-hydrogen) atoms. The van der Waals surface area contributed by atoms with E-state index >= 15 is 0 Å². The van der Waals surface area contributed by atoms with Crippen LogP contribution < -0.4 is 10.2 Å². The summed E-state index contributed by atoms with van der Waals surface area (Å²) in [6, 6.07) is 9.99. The molecular formula is C21H33N3O2. The molecule has 0 saturated carbocycles. The summed E-state index contributed by atoms with van der Waals surface area (Å²) in [6.07, 6.45) is 3.67.